The van der Waals surface area contributed by atoms with E-state index in [-0.39, 0.29) is 6.61 Å². The first kappa shape index (κ1) is 18.4. The van der Waals surface area contributed by atoms with Gasteiger partial charge in [0.1, 0.15) is 12.9 Å². The Hall–Kier alpha value is -2.35. The van der Waals surface area contributed by atoms with Crippen molar-refractivity contribution in [1.82, 2.24) is 14.9 Å². The van der Waals surface area contributed by atoms with Crippen LogP contribution >= 0.6 is 35.4 Å². The smallest absolute Gasteiger partial charge is 0.216 e. The van der Waals surface area contributed by atoms with Gasteiger partial charge in [0, 0.05) is 21.2 Å². The van der Waals surface area contributed by atoms with Gasteiger partial charge in [-0.3, -0.25) is 5.10 Å². The summed E-state index contributed by atoms with van der Waals surface area (Å²) in [5.41, 5.74) is 1.53. The summed E-state index contributed by atoms with van der Waals surface area (Å²) in [7, 11) is 1.57. The maximum absolute atomic E-state index is 6.21. The number of hydrogen-bond acceptors (Lipinski definition) is 5. The second-order valence-corrected chi connectivity index (χ2v) is 6.38. The minimum absolute atomic E-state index is 0.252. The van der Waals surface area contributed by atoms with Gasteiger partial charge in [-0.05, 0) is 36.5 Å². The third-order valence-corrected chi connectivity index (χ3v) is 4.34. The largest absolute Gasteiger partial charge is 0.493 e. The quantitative estimate of drug-likeness (QED) is 0.473. The Morgan fingerprint density at radius 3 is 2.85 bits per heavy atom. The topological polar surface area (TPSA) is 64.4 Å². The predicted molar refractivity (Wildman–Crippen MR) is 104 cm³/mol. The second-order valence-electron chi connectivity index (χ2n) is 5.15. The molecule has 26 heavy (non-hydrogen) atoms. The molecule has 0 bridgehead atoms. The molecule has 2 aromatic carbocycles. The molecular weight excluding hydrogens is 395 g/mol. The van der Waals surface area contributed by atoms with E-state index in [1.54, 1.807) is 31.5 Å². The molecule has 0 aliphatic carbocycles. The molecule has 0 unspecified atom stereocenters. The van der Waals surface area contributed by atoms with Crippen molar-refractivity contribution in [3.8, 4) is 11.5 Å². The highest BCUT2D eigenvalue weighted by Gasteiger charge is 2.11. The van der Waals surface area contributed by atoms with Crippen LogP contribution in [0.15, 0.2) is 47.8 Å². The van der Waals surface area contributed by atoms with Crippen LogP contribution in [0, 0.1) is 4.77 Å². The number of rotatable bonds is 6. The second kappa shape index (κ2) is 8.35. The van der Waals surface area contributed by atoms with Crippen LogP contribution in [0.1, 0.15) is 11.1 Å². The summed E-state index contributed by atoms with van der Waals surface area (Å²) in [4.78, 5) is 0. The van der Waals surface area contributed by atoms with Gasteiger partial charge < -0.3 is 9.47 Å². The Balaban J connectivity index is 1.88. The molecule has 3 rings (SSSR count). The molecule has 1 N–H and O–H groups in total. The number of H-pyrrole nitrogens is 1. The number of para-hydroxylation sites is 1. The zero-order chi connectivity index (χ0) is 18.5. The molecule has 9 heteroatoms. The normalized spacial score (nSPS) is 11.0. The van der Waals surface area contributed by atoms with E-state index in [2.05, 4.69) is 15.3 Å². The summed E-state index contributed by atoms with van der Waals surface area (Å²) in [6, 6.07) is 10.8. The number of ether oxygens (including phenoxy) is 2. The summed E-state index contributed by atoms with van der Waals surface area (Å²) in [6.45, 7) is 0.252. The van der Waals surface area contributed by atoms with E-state index in [4.69, 9.17) is 44.9 Å². The van der Waals surface area contributed by atoms with Gasteiger partial charge in [-0.25, -0.2) is 0 Å². The molecule has 0 aliphatic rings. The summed E-state index contributed by atoms with van der Waals surface area (Å²) >= 11 is 17.2. The fraction of sp³-hybridized carbons (Fsp3) is 0.118. The molecule has 0 aliphatic heterocycles. The Bertz CT molecular complexity index is 1000. The van der Waals surface area contributed by atoms with Gasteiger partial charge in [-0.15, -0.1) is 0 Å². The zero-order valence-corrected chi connectivity index (χ0v) is 16.0. The van der Waals surface area contributed by atoms with E-state index >= 15 is 0 Å². The third-order valence-electron chi connectivity index (χ3n) is 3.47. The molecule has 0 saturated carbocycles. The highest BCUT2D eigenvalue weighted by Crippen LogP contribution is 2.32. The number of halogens is 2. The molecule has 0 spiro atoms. The summed E-state index contributed by atoms with van der Waals surface area (Å²) in [5, 5.41) is 11.8. The molecule has 1 heterocycles. The average Bonchev–Trinajstić information content (AvgIpc) is 3.04. The molecular formula is C17H14Cl2N4O2S. The fourth-order valence-corrected chi connectivity index (χ4v) is 2.80. The summed E-state index contributed by atoms with van der Waals surface area (Å²) in [5.74, 6) is 1.12. The Morgan fingerprint density at radius 1 is 1.31 bits per heavy atom. The van der Waals surface area contributed by atoms with Crippen molar-refractivity contribution in [2.24, 2.45) is 5.10 Å². The Morgan fingerprint density at radius 2 is 2.15 bits per heavy atom. The lowest BCUT2D eigenvalue weighted by molar-refractivity contribution is 0.284. The molecule has 134 valence electrons. The molecule has 0 fully saturated rings. The minimum atomic E-state index is 0.252. The van der Waals surface area contributed by atoms with Crippen LogP contribution in [-0.4, -0.2) is 28.2 Å². The van der Waals surface area contributed by atoms with Crippen LogP contribution < -0.4 is 9.47 Å². The molecule has 0 amide bonds. The van der Waals surface area contributed by atoms with Crippen molar-refractivity contribution in [3.05, 3.63) is 68.7 Å². The summed E-state index contributed by atoms with van der Waals surface area (Å²) in [6.07, 6.45) is 3.10. The van der Waals surface area contributed by atoms with Crippen LogP contribution in [0.5, 0.6) is 11.5 Å². The molecule has 0 saturated heterocycles. The van der Waals surface area contributed by atoms with Crippen molar-refractivity contribution < 1.29 is 9.47 Å². The highest BCUT2D eigenvalue weighted by molar-refractivity contribution is 7.71. The van der Waals surface area contributed by atoms with Gasteiger partial charge in [0.15, 0.2) is 11.5 Å². The van der Waals surface area contributed by atoms with E-state index in [0.717, 1.165) is 11.1 Å². The zero-order valence-electron chi connectivity index (χ0n) is 13.6. The number of hydrogen-bond donors (Lipinski definition) is 1. The Labute approximate surface area is 165 Å². The number of aromatic amines is 1. The number of aromatic nitrogens is 3. The fourth-order valence-electron chi connectivity index (χ4n) is 2.19. The van der Waals surface area contributed by atoms with Gasteiger partial charge in [-0.2, -0.15) is 14.9 Å². The van der Waals surface area contributed by atoms with Crippen molar-refractivity contribution in [3.63, 3.8) is 0 Å². The maximum atomic E-state index is 6.21. The SMILES string of the molecule is COc1cccc(/C=N/n2cn[nH]c2=S)c1OCc1ccc(Cl)cc1Cl. The Kier molecular flexibility index (Phi) is 5.92. The number of nitrogens with one attached hydrogen (secondary N) is 1. The highest BCUT2D eigenvalue weighted by atomic mass is 35.5. The number of methoxy groups -OCH3 is 1. The lowest BCUT2D eigenvalue weighted by atomic mass is 10.2. The molecule has 0 atom stereocenters. The van der Waals surface area contributed by atoms with Gasteiger partial charge in [0.2, 0.25) is 4.77 Å². The molecule has 6 nitrogen and oxygen atoms in total. The van der Waals surface area contributed by atoms with Crippen molar-refractivity contribution >= 4 is 41.6 Å². The monoisotopic (exact) mass is 408 g/mol. The number of benzene rings is 2. The maximum Gasteiger partial charge on any atom is 0.216 e. The number of nitrogens with zero attached hydrogens (tertiary/aromatic N) is 3. The van der Waals surface area contributed by atoms with Crippen LogP contribution in [0.4, 0.5) is 0 Å². The lowest BCUT2D eigenvalue weighted by Crippen LogP contribution is -2.02. The van der Waals surface area contributed by atoms with Crippen LogP contribution in [-0.2, 0) is 6.61 Å². The van der Waals surface area contributed by atoms with E-state index in [1.165, 1.54) is 11.0 Å². The van der Waals surface area contributed by atoms with Gasteiger partial charge in [0.05, 0.1) is 13.3 Å². The first-order chi connectivity index (χ1) is 12.6. The van der Waals surface area contributed by atoms with Crippen LogP contribution in [0.2, 0.25) is 10.0 Å². The van der Waals surface area contributed by atoms with Gasteiger partial charge >= 0.3 is 0 Å². The van der Waals surface area contributed by atoms with E-state index in [9.17, 15) is 0 Å². The third kappa shape index (κ3) is 4.24. The summed E-state index contributed by atoms with van der Waals surface area (Å²) < 4.78 is 13.2. The lowest BCUT2D eigenvalue weighted by Gasteiger charge is -2.14. The van der Waals surface area contributed by atoms with Crippen LogP contribution in [0.25, 0.3) is 0 Å². The van der Waals surface area contributed by atoms with E-state index in [0.29, 0.717) is 26.3 Å². The van der Waals surface area contributed by atoms with Crippen LogP contribution in [0.3, 0.4) is 0 Å². The van der Waals surface area contributed by atoms with Crippen molar-refractivity contribution in [1.29, 1.82) is 0 Å². The van der Waals surface area contributed by atoms with Crippen molar-refractivity contribution in [2.75, 3.05) is 7.11 Å². The standard InChI is InChI=1S/C17H14Cl2N4O2S/c1-24-15-4-2-3-11(8-21-23-10-20-22-17(23)26)16(15)25-9-12-5-6-13(18)7-14(12)19/h2-8,10H,9H2,1H3,(H,22,26)/b21-8+. The average molecular weight is 409 g/mol. The molecule has 0 radical (unpaired) electrons. The van der Waals surface area contributed by atoms with Crippen molar-refractivity contribution in [2.45, 2.75) is 6.61 Å². The minimum Gasteiger partial charge on any atom is -0.493 e. The van der Waals surface area contributed by atoms with E-state index < -0.39 is 0 Å². The van der Waals surface area contributed by atoms with Gasteiger partial charge in [0.25, 0.3) is 0 Å². The van der Waals surface area contributed by atoms with E-state index in [1.807, 2.05) is 18.2 Å². The first-order valence-electron chi connectivity index (χ1n) is 7.48. The predicted octanol–water partition coefficient (Wildman–Crippen LogP) is 4.72. The molecule has 3 aromatic rings. The first-order valence-corrected chi connectivity index (χ1v) is 8.65. The van der Waals surface area contributed by atoms with Gasteiger partial charge in [-0.1, -0.05) is 35.3 Å². The molecule has 1 aromatic heterocycles.